The van der Waals surface area contributed by atoms with Gasteiger partial charge >= 0.3 is 5.97 Å². The van der Waals surface area contributed by atoms with Gasteiger partial charge in [0.2, 0.25) is 33.6 Å². The Labute approximate surface area is 291 Å². The summed E-state index contributed by atoms with van der Waals surface area (Å²) in [6.07, 6.45) is 3.94. The van der Waals surface area contributed by atoms with Crippen LogP contribution in [0.2, 0.25) is 0 Å². The summed E-state index contributed by atoms with van der Waals surface area (Å²) in [6, 6.07) is 8.21. The van der Waals surface area contributed by atoms with Crippen LogP contribution in [0.4, 0.5) is 0 Å². The summed E-state index contributed by atoms with van der Waals surface area (Å²) < 4.78 is 39.3. The van der Waals surface area contributed by atoms with Crippen molar-refractivity contribution in [2.24, 2.45) is 17.3 Å². The van der Waals surface area contributed by atoms with Crippen LogP contribution in [0.5, 0.6) is 5.88 Å². The van der Waals surface area contributed by atoms with E-state index in [1.807, 2.05) is 30.3 Å². The monoisotopic (exact) mass is 708 g/mol. The first kappa shape index (κ1) is 36.7. The van der Waals surface area contributed by atoms with E-state index in [2.05, 4.69) is 28.2 Å². The maximum Gasteiger partial charge on any atom is 0.307 e. The Kier molecular flexibility index (Phi) is 10.5. The fourth-order valence-corrected chi connectivity index (χ4v) is 7.83. The molecule has 1 saturated heterocycles. The lowest BCUT2D eigenvalue weighted by molar-refractivity contribution is -0.158. The Morgan fingerprint density at radius 2 is 1.84 bits per heavy atom. The van der Waals surface area contributed by atoms with Gasteiger partial charge in [-0.2, -0.15) is 0 Å². The van der Waals surface area contributed by atoms with Crippen LogP contribution in [0.25, 0.3) is 10.8 Å². The van der Waals surface area contributed by atoms with E-state index in [0.717, 1.165) is 16.8 Å². The molecule has 0 radical (unpaired) electrons. The molecule has 3 fully saturated rings. The minimum Gasteiger partial charge on any atom is -0.472 e. The summed E-state index contributed by atoms with van der Waals surface area (Å²) in [5, 5.41) is 3.55. The molecule has 1 aromatic heterocycles. The number of allylic oxidation sites excluding steroid dienone is 1. The van der Waals surface area contributed by atoms with Crippen molar-refractivity contribution in [3.05, 3.63) is 61.8 Å². The fourth-order valence-electron chi connectivity index (χ4n) is 6.45. The highest BCUT2D eigenvalue weighted by Crippen LogP contribution is 2.57. The number of nitrogens with zero attached hydrogens (tertiary/aromatic N) is 2. The van der Waals surface area contributed by atoms with E-state index in [9.17, 15) is 32.4 Å². The van der Waals surface area contributed by atoms with Crippen LogP contribution in [0.3, 0.4) is 0 Å². The van der Waals surface area contributed by atoms with Crippen LogP contribution < -0.4 is 14.8 Å². The maximum atomic E-state index is 14.3. The van der Waals surface area contributed by atoms with Crippen LogP contribution >= 0.6 is 0 Å². The second kappa shape index (κ2) is 14.3. The third-order valence-electron chi connectivity index (χ3n) is 9.28. The minimum atomic E-state index is -3.87. The number of ketones is 1. The Hall–Kier alpha value is -4.59. The number of hydrogen-bond acceptors (Lipinski definition) is 10. The quantitative estimate of drug-likeness (QED) is 0.159. The number of benzene rings is 1. The minimum absolute atomic E-state index is 0.0461. The van der Waals surface area contributed by atoms with Gasteiger partial charge in [-0.1, -0.05) is 30.9 Å². The van der Waals surface area contributed by atoms with Gasteiger partial charge in [-0.3, -0.25) is 28.7 Å². The summed E-state index contributed by atoms with van der Waals surface area (Å²) >= 11 is 0. The van der Waals surface area contributed by atoms with Gasteiger partial charge < -0.3 is 19.7 Å². The molecule has 3 aliphatic rings. The highest BCUT2D eigenvalue weighted by molar-refractivity contribution is 7.90. The van der Waals surface area contributed by atoms with Crippen molar-refractivity contribution in [2.45, 2.75) is 82.3 Å². The molecule has 0 spiro atoms. The van der Waals surface area contributed by atoms with Crippen LogP contribution in [-0.2, 0) is 38.7 Å². The number of aromatic nitrogens is 1. The van der Waals surface area contributed by atoms with Crippen LogP contribution in [0.15, 0.2) is 61.8 Å². The summed E-state index contributed by atoms with van der Waals surface area (Å²) in [6.45, 7) is 12.0. The first-order valence-electron chi connectivity index (χ1n) is 16.7. The molecular weight excluding hydrogens is 664 g/mol. The molecule has 50 heavy (non-hydrogen) atoms. The zero-order chi connectivity index (χ0) is 36.4. The molecule has 3 amide bonds. The molecule has 0 unspecified atom stereocenters. The second-order valence-electron chi connectivity index (χ2n) is 14.3. The number of sulfonamides is 1. The van der Waals surface area contributed by atoms with Gasteiger partial charge in [0, 0.05) is 31.0 Å². The zero-order valence-corrected chi connectivity index (χ0v) is 29.4. The second-order valence-corrected chi connectivity index (χ2v) is 16.2. The topological polar surface area (TPSA) is 178 Å². The predicted octanol–water partition coefficient (Wildman–Crippen LogP) is 2.99. The summed E-state index contributed by atoms with van der Waals surface area (Å²) in [4.78, 5) is 72.8. The van der Waals surface area contributed by atoms with E-state index >= 15 is 0 Å². The van der Waals surface area contributed by atoms with Gasteiger partial charge in [-0.25, -0.2) is 13.4 Å². The predicted molar refractivity (Wildman–Crippen MR) is 184 cm³/mol. The van der Waals surface area contributed by atoms with E-state index in [1.165, 1.54) is 11.0 Å². The van der Waals surface area contributed by atoms with E-state index in [-0.39, 0.29) is 38.8 Å². The standard InChI is InChI=1S/C36H44N4O9S/c1-6-24-18-36(24,34(45)39-50(46,47)26-12-13-26)19-29(41)28-17-25(48-32-27-11-9-8-10-22(27)14-15-37-32)21-40(28)33(44)23(20-38-30(42)7-2)16-31(43)49-35(3,4)5/h6-11,14-15,23-26,28H,1-2,12-13,16-21H2,3-5H3,(H,38,42)(H,39,45)/t23-,24+,25+,28-,36+/m0/s1. The molecule has 2 heterocycles. The van der Waals surface area contributed by atoms with Gasteiger partial charge in [-0.05, 0) is 69.5 Å². The summed E-state index contributed by atoms with van der Waals surface area (Å²) in [7, 11) is -3.87. The van der Waals surface area contributed by atoms with Gasteiger partial charge in [0.1, 0.15) is 11.7 Å². The van der Waals surface area contributed by atoms with E-state index in [4.69, 9.17) is 9.47 Å². The molecule has 268 valence electrons. The SMILES string of the molecule is C=CC(=O)NC[C@H](CC(=O)OC(C)(C)C)C(=O)N1C[C@H](Oc2nccc3ccccc23)C[C@H]1C(=O)C[C@]1(C(=O)NS(=O)(=O)C2CC2)C[C@H]1C=C. The van der Waals surface area contributed by atoms with E-state index in [1.54, 1.807) is 27.0 Å². The number of carbonyl (C=O) groups is 5. The molecule has 5 rings (SSSR count). The van der Waals surface area contributed by atoms with Crippen molar-refractivity contribution in [1.82, 2.24) is 19.9 Å². The van der Waals surface area contributed by atoms with Crippen LogP contribution in [0, 0.1) is 17.3 Å². The number of nitrogens with one attached hydrogen (secondary N) is 2. The van der Waals surface area contributed by atoms with Gasteiger partial charge in [0.15, 0.2) is 5.78 Å². The van der Waals surface area contributed by atoms with Gasteiger partial charge in [0.05, 0.1) is 35.6 Å². The summed E-state index contributed by atoms with van der Waals surface area (Å²) in [5.74, 6) is -4.28. The maximum absolute atomic E-state index is 14.3. The lowest BCUT2D eigenvalue weighted by Crippen LogP contribution is -2.48. The van der Waals surface area contributed by atoms with Crippen LogP contribution in [-0.4, -0.2) is 83.9 Å². The smallest absolute Gasteiger partial charge is 0.307 e. The average Bonchev–Trinajstić information content (AvgIpc) is 3.98. The average molecular weight is 709 g/mol. The molecule has 2 aromatic rings. The van der Waals surface area contributed by atoms with Gasteiger partial charge in [0.25, 0.3) is 0 Å². The molecule has 2 N–H and O–H groups in total. The lowest BCUT2D eigenvalue weighted by atomic mass is 9.91. The molecule has 13 nitrogen and oxygen atoms in total. The van der Waals surface area contributed by atoms with Crippen molar-refractivity contribution < 1.29 is 41.9 Å². The normalized spacial score (nSPS) is 23.7. The number of rotatable bonds is 15. The number of amides is 3. The van der Waals surface area contributed by atoms with Crippen molar-refractivity contribution in [1.29, 1.82) is 0 Å². The van der Waals surface area contributed by atoms with Crippen molar-refractivity contribution >= 4 is 50.3 Å². The largest absolute Gasteiger partial charge is 0.472 e. The first-order chi connectivity index (χ1) is 23.6. The number of ether oxygens (including phenoxy) is 2. The van der Waals surface area contributed by atoms with Crippen molar-refractivity contribution in [3.8, 4) is 5.88 Å². The number of carbonyl (C=O) groups excluding carboxylic acids is 5. The van der Waals surface area contributed by atoms with Crippen LogP contribution in [0.1, 0.15) is 59.3 Å². The molecule has 1 aromatic carbocycles. The van der Waals surface area contributed by atoms with Gasteiger partial charge in [-0.15, -0.1) is 6.58 Å². The molecule has 2 aliphatic carbocycles. The first-order valence-corrected chi connectivity index (χ1v) is 18.3. The molecular formula is C36H44N4O9S. The van der Waals surface area contributed by atoms with E-state index in [0.29, 0.717) is 18.7 Å². The number of Topliss-reactive ketones (excluding diaryl/α,β-unsaturated/α-hetero) is 1. The molecule has 5 atom stereocenters. The molecule has 14 heteroatoms. The number of fused-ring (bicyclic) bond motifs is 1. The highest BCUT2D eigenvalue weighted by atomic mass is 32.2. The number of esters is 1. The summed E-state index contributed by atoms with van der Waals surface area (Å²) in [5.41, 5.74) is -2.17. The molecule has 0 bridgehead atoms. The van der Waals surface area contributed by atoms with Crippen molar-refractivity contribution in [3.63, 3.8) is 0 Å². The third kappa shape index (κ3) is 8.40. The Morgan fingerprint density at radius 3 is 2.48 bits per heavy atom. The molecule has 2 saturated carbocycles. The lowest BCUT2D eigenvalue weighted by Gasteiger charge is -2.29. The number of pyridine rings is 1. The Bertz CT molecular complexity index is 1810. The number of likely N-dealkylation sites (tertiary alicyclic amines) is 1. The van der Waals surface area contributed by atoms with Crippen molar-refractivity contribution in [2.75, 3.05) is 13.1 Å². The molecule has 1 aliphatic heterocycles. The van der Waals surface area contributed by atoms with E-state index < -0.39 is 79.7 Å². The fraction of sp³-hybridized carbons (Fsp3) is 0.500. The third-order valence-corrected chi connectivity index (χ3v) is 11.1. The zero-order valence-electron chi connectivity index (χ0n) is 28.6. The Morgan fingerprint density at radius 1 is 1.12 bits per heavy atom. The highest BCUT2D eigenvalue weighted by Gasteiger charge is 2.61. The Balaban J connectivity index is 1.43. The number of hydrogen-bond donors (Lipinski definition) is 2.